The van der Waals surface area contributed by atoms with Gasteiger partial charge in [-0.15, -0.1) is 6.58 Å². The van der Waals surface area contributed by atoms with Crippen molar-refractivity contribution < 1.29 is 4.39 Å². The molecule has 0 saturated heterocycles. The van der Waals surface area contributed by atoms with Crippen LogP contribution in [-0.2, 0) is 6.54 Å². The Bertz CT molecular complexity index is 604. The molecule has 1 heterocycles. The van der Waals surface area contributed by atoms with Crippen molar-refractivity contribution in [3.63, 3.8) is 0 Å². The first-order valence-corrected chi connectivity index (χ1v) is 5.48. The maximum atomic E-state index is 13.2. The zero-order chi connectivity index (χ0) is 12.3. The Labute approximate surface area is 98.2 Å². The number of hydrogen-bond acceptors (Lipinski definition) is 2. The number of halogens is 1. The number of hydrogen-bond donors (Lipinski definition) is 0. The molecule has 88 valence electrons. The fraction of sp³-hybridized carbons (Fsp3) is 0.231. The maximum Gasteiger partial charge on any atom is 0.348 e. The molecular formula is C13H13FN2O. The topological polar surface area (TPSA) is 34.9 Å². The minimum Gasteiger partial charge on any atom is -0.292 e. The van der Waals surface area contributed by atoms with Gasteiger partial charge in [0.25, 0.3) is 0 Å². The van der Waals surface area contributed by atoms with E-state index < -0.39 is 0 Å². The molecule has 0 bridgehead atoms. The van der Waals surface area contributed by atoms with Crippen molar-refractivity contribution in [2.24, 2.45) is 0 Å². The van der Waals surface area contributed by atoms with Gasteiger partial charge in [0.05, 0.1) is 5.52 Å². The lowest BCUT2D eigenvalue weighted by atomic mass is 10.2. The molecule has 4 heteroatoms. The molecule has 2 aromatic rings. The molecule has 0 unspecified atom stereocenters. The van der Waals surface area contributed by atoms with E-state index in [1.807, 2.05) is 0 Å². The highest BCUT2D eigenvalue weighted by molar-refractivity contribution is 5.77. The summed E-state index contributed by atoms with van der Waals surface area (Å²) in [5, 5.41) is 0.768. The summed E-state index contributed by atoms with van der Waals surface area (Å²) in [7, 11) is 0. The Kier molecular flexibility index (Phi) is 3.32. The molecule has 0 spiro atoms. The number of rotatable bonds is 4. The molecule has 17 heavy (non-hydrogen) atoms. The summed E-state index contributed by atoms with van der Waals surface area (Å²) in [4.78, 5) is 15.4. The van der Waals surface area contributed by atoms with Crippen LogP contribution in [0.3, 0.4) is 0 Å². The van der Waals surface area contributed by atoms with Crippen molar-refractivity contribution in [3.05, 3.63) is 53.4 Å². The monoisotopic (exact) mass is 232 g/mol. The van der Waals surface area contributed by atoms with E-state index >= 15 is 0 Å². The summed E-state index contributed by atoms with van der Waals surface area (Å²) in [5.74, 6) is -0.347. The molecule has 3 nitrogen and oxygen atoms in total. The lowest BCUT2D eigenvalue weighted by molar-refractivity contribution is 0.616. The zero-order valence-corrected chi connectivity index (χ0v) is 9.40. The first-order valence-electron chi connectivity index (χ1n) is 5.48. The van der Waals surface area contributed by atoms with Crippen LogP contribution in [0.5, 0.6) is 0 Å². The van der Waals surface area contributed by atoms with Crippen molar-refractivity contribution in [2.45, 2.75) is 19.4 Å². The third-order valence-electron chi connectivity index (χ3n) is 2.62. The van der Waals surface area contributed by atoms with E-state index in [0.717, 1.165) is 18.2 Å². The van der Waals surface area contributed by atoms with Crippen LogP contribution in [-0.4, -0.2) is 9.55 Å². The van der Waals surface area contributed by atoms with Gasteiger partial charge in [-0.1, -0.05) is 6.08 Å². The maximum absolute atomic E-state index is 13.2. The average Bonchev–Trinajstić information content (AvgIpc) is 2.32. The van der Waals surface area contributed by atoms with Gasteiger partial charge in [-0.25, -0.2) is 14.2 Å². The third-order valence-corrected chi connectivity index (χ3v) is 2.62. The van der Waals surface area contributed by atoms with E-state index in [1.165, 1.54) is 22.9 Å². The van der Waals surface area contributed by atoms with E-state index in [0.29, 0.717) is 12.1 Å². The van der Waals surface area contributed by atoms with Gasteiger partial charge < -0.3 is 0 Å². The zero-order valence-electron chi connectivity index (χ0n) is 9.40. The van der Waals surface area contributed by atoms with E-state index in [-0.39, 0.29) is 11.5 Å². The van der Waals surface area contributed by atoms with Gasteiger partial charge in [0.2, 0.25) is 0 Å². The molecule has 0 fully saturated rings. The first-order chi connectivity index (χ1) is 8.22. The Morgan fingerprint density at radius 2 is 2.29 bits per heavy atom. The summed E-state index contributed by atoms with van der Waals surface area (Å²) in [5.41, 5.74) is 0.251. The van der Waals surface area contributed by atoms with Gasteiger partial charge in [0.1, 0.15) is 5.82 Å². The fourth-order valence-electron chi connectivity index (χ4n) is 1.77. The van der Waals surface area contributed by atoms with Crippen LogP contribution >= 0.6 is 0 Å². The molecule has 0 aliphatic rings. The average molecular weight is 232 g/mol. The Morgan fingerprint density at radius 1 is 1.47 bits per heavy atom. The highest BCUT2D eigenvalue weighted by Crippen LogP contribution is 2.13. The van der Waals surface area contributed by atoms with E-state index in [9.17, 15) is 9.18 Å². The molecule has 0 N–H and O–H groups in total. The predicted molar refractivity (Wildman–Crippen MR) is 65.4 cm³/mol. The van der Waals surface area contributed by atoms with Crippen LogP contribution in [0.4, 0.5) is 4.39 Å². The second-order valence-corrected chi connectivity index (χ2v) is 3.83. The van der Waals surface area contributed by atoms with Crippen LogP contribution in [0.15, 0.2) is 41.8 Å². The number of benzene rings is 1. The quantitative estimate of drug-likeness (QED) is 0.599. The van der Waals surface area contributed by atoms with Gasteiger partial charge in [0.15, 0.2) is 0 Å². The molecule has 0 radical (unpaired) electrons. The largest absolute Gasteiger partial charge is 0.348 e. The summed E-state index contributed by atoms with van der Waals surface area (Å²) in [6.07, 6.45) is 4.88. The van der Waals surface area contributed by atoms with Crippen molar-refractivity contribution in [1.82, 2.24) is 9.55 Å². The molecular weight excluding hydrogens is 219 g/mol. The Hall–Kier alpha value is -1.97. The minimum absolute atomic E-state index is 0.341. The molecule has 0 saturated carbocycles. The van der Waals surface area contributed by atoms with Crippen LogP contribution < -0.4 is 5.69 Å². The number of aryl methyl sites for hydroxylation is 1. The van der Waals surface area contributed by atoms with Crippen molar-refractivity contribution >= 4 is 10.9 Å². The highest BCUT2D eigenvalue weighted by atomic mass is 19.1. The number of nitrogens with zero attached hydrogens (tertiary/aromatic N) is 2. The molecule has 2 rings (SSSR count). The lowest BCUT2D eigenvalue weighted by Crippen LogP contribution is -2.23. The van der Waals surface area contributed by atoms with E-state index in [2.05, 4.69) is 11.6 Å². The molecule has 1 aromatic carbocycles. The third kappa shape index (κ3) is 2.41. The predicted octanol–water partition coefficient (Wildman–Crippen LogP) is 2.50. The second kappa shape index (κ2) is 4.91. The molecule has 0 aliphatic heterocycles. The van der Waals surface area contributed by atoms with Crippen molar-refractivity contribution in [2.75, 3.05) is 0 Å². The normalized spacial score (nSPS) is 10.6. The van der Waals surface area contributed by atoms with Gasteiger partial charge in [-0.3, -0.25) is 4.57 Å². The Balaban J connectivity index is 2.50. The van der Waals surface area contributed by atoms with E-state index in [1.54, 1.807) is 12.1 Å². The summed E-state index contributed by atoms with van der Waals surface area (Å²) in [6, 6.07) is 4.36. The summed E-state index contributed by atoms with van der Waals surface area (Å²) in [6.45, 7) is 4.15. The smallest absolute Gasteiger partial charge is 0.292 e. The van der Waals surface area contributed by atoms with Gasteiger partial charge in [-0.2, -0.15) is 0 Å². The van der Waals surface area contributed by atoms with Crippen molar-refractivity contribution in [1.29, 1.82) is 0 Å². The van der Waals surface area contributed by atoms with Crippen LogP contribution in [0, 0.1) is 5.82 Å². The molecule has 0 atom stereocenters. The SMILES string of the molecule is C=CCCCn1c(=O)ncc2ccc(F)cc21. The second-order valence-electron chi connectivity index (χ2n) is 3.83. The van der Waals surface area contributed by atoms with Crippen LogP contribution in [0.1, 0.15) is 12.8 Å². The van der Waals surface area contributed by atoms with Crippen molar-refractivity contribution in [3.8, 4) is 0 Å². The van der Waals surface area contributed by atoms with Crippen LogP contribution in [0.25, 0.3) is 10.9 Å². The summed E-state index contributed by atoms with van der Waals surface area (Å²) < 4.78 is 14.7. The minimum atomic E-state index is -0.347. The van der Waals surface area contributed by atoms with Gasteiger partial charge in [0, 0.05) is 18.1 Å². The number of unbranched alkanes of at least 4 members (excludes halogenated alkanes) is 1. The van der Waals surface area contributed by atoms with E-state index in [4.69, 9.17) is 0 Å². The molecule has 0 amide bonds. The van der Waals surface area contributed by atoms with Gasteiger partial charge >= 0.3 is 5.69 Å². The van der Waals surface area contributed by atoms with Crippen LogP contribution in [0.2, 0.25) is 0 Å². The number of fused-ring (bicyclic) bond motifs is 1. The first kappa shape index (κ1) is 11.5. The number of allylic oxidation sites excluding steroid dienone is 1. The van der Waals surface area contributed by atoms with Gasteiger partial charge in [-0.05, 0) is 31.0 Å². The summed E-state index contributed by atoms with van der Waals surface area (Å²) >= 11 is 0. The number of aromatic nitrogens is 2. The molecule has 0 aliphatic carbocycles. The molecule has 1 aromatic heterocycles. The fourth-order valence-corrected chi connectivity index (χ4v) is 1.77. The standard InChI is InChI=1S/C13H13FN2O/c1-2-3-4-7-16-12-8-11(14)6-5-10(12)9-15-13(16)17/h2,5-6,8-9H,1,3-4,7H2. The highest BCUT2D eigenvalue weighted by Gasteiger charge is 2.04. The Morgan fingerprint density at radius 3 is 3.06 bits per heavy atom. The lowest BCUT2D eigenvalue weighted by Gasteiger charge is -2.08.